The first-order valence-corrected chi connectivity index (χ1v) is 8.09. The summed E-state index contributed by atoms with van der Waals surface area (Å²) in [5.74, 6) is -1.40. The number of likely N-dealkylation sites (tertiary alicyclic amines) is 1. The summed E-state index contributed by atoms with van der Waals surface area (Å²) in [6.45, 7) is 0.895. The fourth-order valence-corrected chi connectivity index (χ4v) is 2.67. The van der Waals surface area contributed by atoms with E-state index in [0.717, 1.165) is 0 Å². The molecule has 4 N–H and O–H groups in total. The van der Waals surface area contributed by atoms with Gasteiger partial charge in [0.2, 0.25) is 11.8 Å². The van der Waals surface area contributed by atoms with Crippen molar-refractivity contribution in [2.75, 3.05) is 26.7 Å². The molecular formula is C14H23ClN4O5. The van der Waals surface area contributed by atoms with Gasteiger partial charge in [-0.2, -0.15) is 0 Å². The fourth-order valence-electron chi connectivity index (χ4n) is 2.47. The lowest BCUT2D eigenvalue weighted by Gasteiger charge is -2.24. The van der Waals surface area contributed by atoms with E-state index in [1.807, 2.05) is 0 Å². The first kappa shape index (κ1) is 20.2. The van der Waals surface area contributed by atoms with Crippen LogP contribution in [-0.2, 0) is 19.1 Å². The summed E-state index contributed by atoms with van der Waals surface area (Å²) in [6, 6.07) is -1.63. The maximum Gasteiger partial charge on any atom is 0.317 e. The Labute approximate surface area is 145 Å². The van der Waals surface area contributed by atoms with Crippen LogP contribution in [0.3, 0.4) is 0 Å². The molecule has 2 atom stereocenters. The normalized spacial score (nSPS) is 18.0. The molecule has 1 saturated heterocycles. The van der Waals surface area contributed by atoms with Gasteiger partial charge in [0.1, 0.15) is 12.1 Å². The van der Waals surface area contributed by atoms with E-state index in [1.165, 1.54) is 12.0 Å². The Hall–Kier alpha value is -1.87. The molecule has 0 radical (unpaired) electrons. The summed E-state index contributed by atoms with van der Waals surface area (Å²) in [7, 11) is 1.24. The highest BCUT2D eigenvalue weighted by Crippen LogP contribution is 2.19. The van der Waals surface area contributed by atoms with Gasteiger partial charge in [-0.1, -0.05) is 0 Å². The number of halogens is 1. The molecule has 0 bridgehead atoms. The molecule has 1 fully saturated rings. The monoisotopic (exact) mass is 362 g/mol. The Morgan fingerprint density at radius 2 is 2.08 bits per heavy atom. The second-order valence-corrected chi connectivity index (χ2v) is 5.68. The standard InChI is InChI=1S/C14H23ClN4O5/c1-24-11(20)5-4-9(12(21)17-7-6-16)18-13(22)10-3-2-8-19(10)14(15)23/h9-10H,2-8,16H2,1H3,(H,17,21)(H,18,22). The molecule has 0 aliphatic carbocycles. The van der Waals surface area contributed by atoms with Crippen LogP contribution in [0.1, 0.15) is 25.7 Å². The highest BCUT2D eigenvalue weighted by Gasteiger charge is 2.35. The van der Waals surface area contributed by atoms with Crippen LogP contribution in [0.25, 0.3) is 0 Å². The van der Waals surface area contributed by atoms with E-state index < -0.39 is 35.2 Å². The number of nitrogens with one attached hydrogen (secondary N) is 2. The SMILES string of the molecule is COC(=O)CCC(NC(=O)C1CCCN1C(=O)Cl)C(=O)NCCN. The van der Waals surface area contributed by atoms with Crippen molar-refractivity contribution in [1.29, 1.82) is 0 Å². The Morgan fingerprint density at radius 3 is 2.67 bits per heavy atom. The number of methoxy groups -OCH3 is 1. The zero-order chi connectivity index (χ0) is 18.1. The predicted octanol–water partition coefficient (Wildman–Crippen LogP) is -0.677. The molecule has 1 rings (SSSR count). The first-order chi connectivity index (χ1) is 11.4. The van der Waals surface area contributed by atoms with Crippen LogP contribution in [0.2, 0.25) is 0 Å². The molecule has 9 nitrogen and oxygen atoms in total. The second kappa shape index (κ2) is 10.1. The van der Waals surface area contributed by atoms with Crippen LogP contribution in [-0.4, -0.2) is 66.9 Å². The van der Waals surface area contributed by atoms with Crippen molar-refractivity contribution in [3.8, 4) is 0 Å². The average molecular weight is 363 g/mol. The molecule has 0 saturated carbocycles. The van der Waals surface area contributed by atoms with Crippen molar-refractivity contribution >= 4 is 34.8 Å². The topological polar surface area (TPSA) is 131 Å². The minimum atomic E-state index is -0.920. The number of nitrogens with two attached hydrogens (primary N) is 1. The molecule has 2 unspecified atom stereocenters. The molecule has 1 heterocycles. The minimum absolute atomic E-state index is 0.0275. The number of amides is 3. The second-order valence-electron chi connectivity index (χ2n) is 5.36. The van der Waals surface area contributed by atoms with Gasteiger partial charge < -0.3 is 26.0 Å². The molecule has 24 heavy (non-hydrogen) atoms. The summed E-state index contributed by atoms with van der Waals surface area (Å²) >= 11 is 5.46. The zero-order valence-corrected chi connectivity index (χ0v) is 14.3. The van der Waals surface area contributed by atoms with Crippen molar-refractivity contribution in [2.24, 2.45) is 5.73 Å². The molecule has 0 aromatic carbocycles. The Bertz CT molecular complexity index is 488. The molecule has 0 spiro atoms. The van der Waals surface area contributed by atoms with Gasteiger partial charge in [0.05, 0.1) is 7.11 Å². The molecule has 0 aromatic rings. The maximum absolute atomic E-state index is 12.4. The smallest absolute Gasteiger partial charge is 0.317 e. The molecule has 1 aliphatic rings. The van der Waals surface area contributed by atoms with Gasteiger partial charge in [0.15, 0.2) is 0 Å². The van der Waals surface area contributed by atoms with Gasteiger partial charge in [-0.3, -0.25) is 19.2 Å². The van der Waals surface area contributed by atoms with E-state index in [1.54, 1.807) is 0 Å². The number of esters is 1. The Morgan fingerprint density at radius 1 is 1.38 bits per heavy atom. The lowest BCUT2D eigenvalue weighted by molar-refractivity contribution is -0.141. The number of ether oxygens (including phenoxy) is 1. The number of nitrogens with zero attached hydrogens (tertiary/aromatic N) is 1. The van der Waals surface area contributed by atoms with Crippen molar-refractivity contribution in [3.05, 3.63) is 0 Å². The lowest BCUT2D eigenvalue weighted by atomic mass is 10.1. The van der Waals surface area contributed by atoms with Crippen LogP contribution in [0.4, 0.5) is 4.79 Å². The van der Waals surface area contributed by atoms with Crippen molar-refractivity contribution in [3.63, 3.8) is 0 Å². The van der Waals surface area contributed by atoms with Crippen LogP contribution in [0.5, 0.6) is 0 Å². The van der Waals surface area contributed by atoms with Gasteiger partial charge in [-0.15, -0.1) is 0 Å². The number of rotatable bonds is 8. The van der Waals surface area contributed by atoms with Crippen LogP contribution in [0, 0.1) is 0 Å². The predicted molar refractivity (Wildman–Crippen MR) is 86.2 cm³/mol. The molecule has 3 amide bonds. The summed E-state index contributed by atoms with van der Waals surface area (Å²) in [6.07, 6.45) is 1.18. The molecular weight excluding hydrogens is 340 g/mol. The molecule has 10 heteroatoms. The fraction of sp³-hybridized carbons (Fsp3) is 0.714. The number of carbonyl (C=O) groups is 4. The van der Waals surface area contributed by atoms with E-state index in [2.05, 4.69) is 15.4 Å². The average Bonchev–Trinajstić information content (AvgIpc) is 3.05. The van der Waals surface area contributed by atoms with Gasteiger partial charge >= 0.3 is 11.3 Å². The first-order valence-electron chi connectivity index (χ1n) is 7.71. The molecule has 136 valence electrons. The van der Waals surface area contributed by atoms with Crippen molar-refractivity contribution in [1.82, 2.24) is 15.5 Å². The number of carbonyl (C=O) groups excluding carboxylic acids is 4. The zero-order valence-electron chi connectivity index (χ0n) is 13.5. The van der Waals surface area contributed by atoms with E-state index in [0.29, 0.717) is 19.4 Å². The lowest BCUT2D eigenvalue weighted by Crippen LogP contribution is -2.53. The highest BCUT2D eigenvalue weighted by molar-refractivity contribution is 6.63. The van der Waals surface area contributed by atoms with E-state index >= 15 is 0 Å². The van der Waals surface area contributed by atoms with E-state index in [9.17, 15) is 19.2 Å². The van der Waals surface area contributed by atoms with Crippen molar-refractivity contribution in [2.45, 2.75) is 37.8 Å². The third kappa shape index (κ3) is 5.97. The Kier molecular flexibility index (Phi) is 8.48. The van der Waals surface area contributed by atoms with E-state index in [-0.39, 0.29) is 25.9 Å². The van der Waals surface area contributed by atoms with Gasteiger partial charge in [-0.05, 0) is 30.9 Å². The third-order valence-electron chi connectivity index (χ3n) is 3.72. The summed E-state index contributed by atoms with van der Waals surface area (Å²) in [4.78, 5) is 48.4. The van der Waals surface area contributed by atoms with Crippen LogP contribution < -0.4 is 16.4 Å². The van der Waals surface area contributed by atoms with Crippen molar-refractivity contribution < 1.29 is 23.9 Å². The van der Waals surface area contributed by atoms with Gasteiger partial charge in [0.25, 0.3) is 0 Å². The third-order valence-corrected chi connectivity index (χ3v) is 3.94. The largest absolute Gasteiger partial charge is 0.469 e. The maximum atomic E-state index is 12.4. The summed E-state index contributed by atoms with van der Waals surface area (Å²) < 4.78 is 4.54. The number of hydrogen-bond acceptors (Lipinski definition) is 6. The van der Waals surface area contributed by atoms with Crippen LogP contribution >= 0.6 is 11.6 Å². The Balaban J connectivity index is 2.71. The number of hydrogen-bond donors (Lipinski definition) is 3. The summed E-state index contributed by atoms with van der Waals surface area (Å²) in [5, 5.41) is 4.44. The van der Waals surface area contributed by atoms with Crippen LogP contribution in [0.15, 0.2) is 0 Å². The van der Waals surface area contributed by atoms with E-state index in [4.69, 9.17) is 17.3 Å². The quantitative estimate of drug-likeness (QED) is 0.298. The highest BCUT2D eigenvalue weighted by atomic mass is 35.5. The minimum Gasteiger partial charge on any atom is -0.469 e. The van der Waals surface area contributed by atoms with Gasteiger partial charge in [-0.25, -0.2) is 0 Å². The molecule has 0 aromatic heterocycles. The summed E-state index contributed by atoms with van der Waals surface area (Å²) in [5.41, 5.74) is 5.34. The van der Waals surface area contributed by atoms with Gasteiger partial charge in [0, 0.05) is 26.1 Å². The molecule has 1 aliphatic heterocycles.